The third-order valence-corrected chi connectivity index (χ3v) is 6.55. The molecule has 0 spiro atoms. The number of aryl methyl sites for hydroxylation is 1. The number of carbonyl (C=O) groups is 1. The second kappa shape index (κ2) is 8.34. The van der Waals surface area contributed by atoms with E-state index >= 15 is 0 Å². The minimum Gasteiger partial charge on any atom is -0.369 e. The molecule has 9 nitrogen and oxygen atoms in total. The van der Waals surface area contributed by atoms with Crippen LogP contribution in [0.15, 0.2) is 35.5 Å². The van der Waals surface area contributed by atoms with E-state index in [1.807, 2.05) is 6.07 Å². The summed E-state index contributed by atoms with van der Waals surface area (Å²) in [6.45, 7) is 2.62. The summed E-state index contributed by atoms with van der Waals surface area (Å²) in [6, 6.07) is 6.65. The number of sulfonamides is 1. The molecule has 0 unspecified atom stereocenters. The Bertz CT molecular complexity index is 1000. The lowest BCUT2D eigenvalue weighted by Crippen LogP contribution is -2.29. The zero-order chi connectivity index (χ0) is 20.3. The van der Waals surface area contributed by atoms with Gasteiger partial charge in [-0.3, -0.25) is 4.79 Å². The Morgan fingerprint density at radius 1 is 1.07 bits per heavy atom. The van der Waals surface area contributed by atoms with E-state index in [1.165, 1.54) is 25.2 Å². The zero-order valence-electron chi connectivity index (χ0n) is 16.0. The maximum absolute atomic E-state index is 12.6. The number of fused-ring (bicyclic) bond motifs is 1. The highest BCUT2D eigenvalue weighted by atomic mass is 32.2. The summed E-state index contributed by atoms with van der Waals surface area (Å²) >= 11 is 0. The molecule has 1 aromatic heterocycles. The predicted octanol–water partition coefficient (Wildman–Crippen LogP) is 1.35. The number of anilines is 3. The predicted molar refractivity (Wildman–Crippen MR) is 111 cm³/mol. The first-order chi connectivity index (χ1) is 14.0. The molecule has 10 heteroatoms. The van der Waals surface area contributed by atoms with Crippen molar-refractivity contribution < 1.29 is 13.2 Å². The van der Waals surface area contributed by atoms with Crippen LogP contribution in [0.4, 0.5) is 17.3 Å². The van der Waals surface area contributed by atoms with Crippen molar-refractivity contribution in [3.8, 4) is 0 Å². The van der Waals surface area contributed by atoms with Gasteiger partial charge < -0.3 is 15.5 Å². The van der Waals surface area contributed by atoms with Crippen LogP contribution < -0.4 is 20.3 Å². The highest BCUT2D eigenvalue weighted by molar-refractivity contribution is 7.89. The lowest BCUT2D eigenvalue weighted by Gasteiger charge is -2.18. The van der Waals surface area contributed by atoms with Crippen molar-refractivity contribution in [3.63, 3.8) is 0 Å². The van der Waals surface area contributed by atoms with Gasteiger partial charge in [-0.2, -0.15) is 0 Å². The maximum Gasteiger partial charge on any atom is 0.240 e. The van der Waals surface area contributed by atoms with E-state index in [9.17, 15) is 13.2 Å². The molecule has 1 fully saturated rings. The molecule has 0 aliphatic carbocycles. The summed E-state index contributed by atoms with van der Waals surface area (Å²) in [7, 11) is -3.63. The van der Waals surface area contributed by atoms with E-state index in [0.717, 1.165) is 24.5 Å². The number of amides is 1. The molecule has 0 atom stereocenters. The van der Waals surface area contributed by atoms with Crippen molar-refractivity contribution >= 4 is 33.3 Å². The highest BCUT2D eigenvalue weighted by Crippen LogP contribution is 2.25. The summed E-state index contributed by atoms with van der Waals surface area (Å²) in [4.78, 5) is 22.4. The molecule has 4 rings (SSSR count). The van der Waals surface area contributed by atoms with Crippen LogP contribution in [0.25, 0.3) is 0 Å². The summed E-state index contributed by atoms with van der Waals surface area (Å²) in [6.07, 6.45) is 4.77. The SMILES string of the molecule is O=C1CCc2cc(S(=O)(=O)NCCNc3cc(N4CCCC4)ncn3)ccc2N1. The molecule has 29 heavy (non-hydrogen) atoms. The molecule has 1 saturated heterocycles. The topological polar surface area (TPSA) is 116 Å². The first-order valence-corrected chi connectivity index (χ1v) is 11.2. The van der Waals surface area contributed by atoms with E-state index in [0.29, 0.717) is 30.9 Å². The van der Waals surface area contributed by atoms with Gasteiger partial charge in [-0.15, -0.1) is 0 Å². The van der Waals surface area contributed by atoms with Gasteiger partial charge in [-0.05, 0) is 43.0 Å². The lowest BCUT2D eigenvalue weighted by atomic mass is 10.0. The van der Waals surface area contributed by atoms with Crippen molar-refractivity contribution in [2.24, 2.45) is 0 Å². The summed E-state index contributed by atoms with van der Waals surface area (Å²) in [5.74, 6) is 1.52. The average Bonchev–Trinajstić information content (AvgIpc) is 3.26. The average molecular weight is 417 g/mol. The van der Waals surface area contributed by atoms with E-state index in [2.05, 4.69) is 30.2 Å². The Labute approximate surface area is 170 Å². The molecule has 0 bridgehead atoms. The Morgan fingerprint density at radius 2 is 1.90 bits per heavy atom. The summed E-state index contributed by atoms with van der Waals surface area (Å²) in [5, 5.41) is 5.89. The van der Waals surface area contributed by atoms with Crippen molar-refractivity contribution in [2.45, 2.75) is 30.6 Å². The van der Waals surface area contributed by atoms with E-state index in [-0.39, 0.29) is 17.3 Å². The fourth-order valence-corrected chi connectivity index (χ4v) is 4.63. The number of nitrogens with zero attached hydrogens (tertiary/aromatic N) is 3. The number of rotatable bonds is 7. The second-order valence-electron chi connectivity index (χ2n) is 7.15. The minimum absolute atomic E-state index is 0.0464. The van der Waals surface area contributed by atoms with Gasteiger partial charge >= 0.3 is 0 Å². The molecule has 1 aromatic carbocycles. The standard InChI is InChI=1S/C19H24N6O3S/c26-19-6-3-14-11-15(4-5-16(14)24-19)29(27,28)23-8-7-20-17-12-18(22-13-21-17)25-9-1-2-10-25/h4-5,11-13,23H,1-3,6-10H2,(H,24,26)(H,20,21,22). The van der Waals surface area contributed by atoms with Gasteiger partial charge in [0.25, 0.3) is 0 Å². The Kier molecular flexibility index (Phi) is 5.63. The first-order valence-electron chi connectivity index (χ1n) is 9.74. The largest absolute Gasteiger partial charge is 0.369 e. The van der Waals surface area contributed by atoms with Crippen molar-refractivity contribution in [3.05, 3.63) is 36.2 Å². The molecule has 2 aliphatic heterocycles. The molecular formula is C19H24N6O3S. The van der Waals surface area contributed by atoms with Gasteiger partial charge in [0.2, 0.25) is 15.9 Å². The normalized spacial score (nSPS) is 16.4. The Morgan fingerprint density at radius 3 is 2.72 bits per heavy atom. The van der Waals surface area contributed by atoms with Crippen LogP contribution in [0.5, 0.6) is 0 Å². The third-order valence-electron chi connectivity index (χ3n) is 5.09. The first kappa shape index (κ1) is 19.6. The van der Waals surface area contributed by atoms with Crippen molar-refractivity contribution in [2.75, 3.05) is 41.7 Å². The van der Waals surface area contributed by atoms with Gasteiger partial charge in [-0.25, -0.2) is 23.1 Å². The molecule has 2 aromatic rings. The summed E-state index contributed by atoms with van der Waals surface area (Å²) in [5.41, 5.74) is 1.51. The highest BCUT2D eigenvalue weighted by Gasteiger charge is 2.19. The van der Waals surface area contributed by atoms with Crippen molar-refractivity contribution in [1.29, 1.82) is 0 Å². The number of hydrogen-bond acceptors (Lipinski definition) is 7. The summed E-state index contributed by atoms with van der Waals surface area (Å²) < 4.78 is 27.7. The molecule has 154 valence electrons. The monoisotopic (exact) mass is 416 g/mol. The van der Waals surface area contributed by atoms with Crippen LogP contribution in [0.3, 0.4) is 0 Å². The Hall–Kier alpha value is -2.72. The van der Waals surface area contributed by atoms with Gasteiger partial charge in [0.05, 0.1) is 4.90 Å². The minimum atomic E-state index is -3.63. The molecule has 2 aliphatic rings. The quantitative estimate of drug-likeness (QED) is 0.584. The third kappa shape index (κ3) is 4.65. The lowest BCUT2D eigenvalue weighted by molar-refractivity contribution is -0.116. The maximum atomic E-state index is 12.6. The van der Waals surface area contributed by atoms with E-state index in [4.69, 9.17) is 0 Å². The molecule has 0 radical (unpaired) electrons. The van der Waals surface area contributed by atoms with Crippen LogP contribution in [0, 0.1) is 0 Å². The number of benzene rings is 1. The number of nitrogens with one attached hydrogen (secondary N) is 3. The number of hydrogen-bond donors (Lipinski definition) is 3. The molecular weight excluding hydrogens is 392 g/mol. The van der Waals surface area contributed by atoms with Crippen LogP contribution in [0.1, 0.15) is 24.8 Å². The smallest absolute Gasteiger partial charge is 0.240 e. The second-order valence-corrected chi connectivity index (χ2v) is 8.91. The molecule has 3 N–H and O–H groups in total. The van der Waals surface area contributed by atoms with E-state index in [1.54, 1.807) is 12.1 Å². The van der Waals surface area contributed by atoms with Gasteiger partial charge in [0, 0.05) is 44.4 Å². The fraction of sp³-hybridized carbons (Fsp3) is 0.421. The molecule has 0 saturated carbocycles. The van der Waals surface area contributed by atoms with Crippen LogP contribution in [-0.4, -0.2) is 50.5 Å². The van der Waals surface area contributed by atoms with Crippen LogP contribution in [-0.2, 0) is 21.2 Å². The van der Waals surface area contributed by atoms with Crippen LogP contribution in [0.2, 0.25) is 0 Å². The van der Waals surface area contributed by atoms with Gasteiger partial charge in [-0.1, -0.05) is 0 Å². The van der Waals surface area contributed by atoms with Gasteiger partial charge in [0.15, 0.2) is 0 Å². The van der Waals surface area contributed by atoms with Gasteiger partial charge in [0.1, 0.15) is 18.0 Å². The number of carbonyl (C=O) groups excluding carboxylic acids is 1. The zero-order valence-corrected chi connectivity index (χ0v) is 16.8. The van der Waals surface area contributed by atoms with Crippen LogP contribution >= 0.6 is 0 Å². The molecule has 1 amide bonds. The Balaban J connectivity index is 1.32. The van der Waals surface area contributed by atoms with E-state index < -0.39 is 10.0 Å². The number of aromatic nitrogens is 2. The fourth-order valence-electron chi connectivity index (χ4n) is 3.55. The molecule has 3 heterocycles. The van der Waals surface area contributed by atoms with Crippen molar-refractivity contribution in [1.82, 2.24) is 14.7 Å².